The smallest absolute Gasteiger partial charge is 0.262 e. The average molecular weight is 313 g/mol. The van der Waals surface area contributed by atoms with Gasteiger partial charge in [0.25, 0.3) is 5.91 Å². The molecule has 0 aliphatic rings. The van der Waals surface area contributed by atoms with E-state index in [1.54, 1.807) is 12.1 Å². The summed E-state index contributed by atoms with van der Waals surface area (Å²) in [6.07, 6.45) is 0. The molecule has 0 spiro atoms. The molecular formula is C16H15N3O2S. The molecule has 0 radical (unpaired) electrons. The van der Waals surface area contributed by atoms with E-state index >= 15 is 0 Å². The third kappa shape index (κ3) is 3.40. The van der Waals surface area contributed by atoms with Gasteiger partial charge in [0, 0.05) is 5.69 Å². The van der Waals surface area contributed by atoms with Crippen LogP contribution in [0.4, 0.5) is 5.69 Å². The van der Waals surface area contributed by atoms with Crippen LogP contribution in [0.1, 0.15) is 11.1 Å². The Hall–Kier alpha value is -2.47. The minimum Gasteiger partial charge on any atom is -0.484 e. The molecule has 0 unspecified atom stereocenters. The van der Waals surface area contributed by atoms with Crippen molar-refractivity contribution in [2.75, 3.05) is 11.9 Å². The van der Waals surface area contributed by atoms with Gasteiger partial charge in [0.2, 0.25) is 0 Å². The number of benzene rings is 2. The Balaban J connectivity index is 1.62. The molecule has 6 heteroatoms. The number of fused-ring (bicyclic) bond motifs is 1. The van der Waals surface area contributed by atoms with Crippen molar-refractivity contribution in [3.63, 3.8) is 0 Å². The van der Waals surface area contributed by atoms with Crippen molar-refractivity contribution in [1.29, 1.82) is 0 Å². The number of nitrogens with zero attached hydrogens (tertiary/aromatic N) is 2. The van der Waals surface area contributed by atoms with Gasteiger partial charge in [-0.3, -0.25) is 4.79 Å². The lowest BCUT2D eigenvalue weighted by atomic mass is 10.1. The van der Waals surface area contributed by atoms with Crippen LogP contribution in [0.5, 0.6) is 5.75 Å². The van der Waals surface area contributed by atoms with Gasteiger partial charge >= 0.3 is 0 Å². The van der Waals surface area contributed by atoms with Crippen molar-refractivity contribution in [2.45, 2.75) is 13.8 Å². The molecular weight excluding hydrogens is 298 g/mol. The first-order chi connectivity index (χ1) is 10.6. The number of amides is 1. The SMILES string of the molecule is Cc1cc(C)cc(OCC(=O)Nc2ccc3nsnc3c2)c1. The number of aromatic nitrogens is 2. The van der Waals surface area contributed by atoms with Gasteiger partial charge in [0.1, 0.15) is 16.8 Å². The van der Waals surface area contributed by atoms with Crippen LogP contribution in [-0.4, -0.2) is 21.3 Å². The monoisotopic (exact) mass is 313 g/mol. The van der Waals surface area contributed by atoms with E-state index < -0.39 is 0 Å². The molecule has 0 saturated carbocycles. The van der Waals surface area contributed by atoms with Crippen LogP contribution in [0.2, 0.25) is 0 Å². The zero-order valence-corrected chi connectivity index (χ0v) is 13.1. The van der Waals surface area contributed by atoms with E-state index in [9.17, 15) is 4.79 Å². The van der Waals surface area contributed by atoms with Crippen molar-refractivity contribution < 1.29 is 9.53 Å². The number of anilines is 1. The van der Waals surface area contributed by atoms with Crippen LogP contribution >= 0.6 is 11.7 Å². The highest BCUT2D eigenvalue weighted by Gasteiger charge is 2.06. The van der Waals surface area contributed by atoms with Crippen molar-refractivity contribution in [1.82, 2.24) is 8.75 Å². The molecule has 5 nitrogen and oxygen atoms in total. The number of nitrogens with one attached hydrogen (secondary N) is 1. The molecule has 0 aliphatic heterocycles. The second-order valence-corrected chi connectivity index (χ2v) is 5.66. The molecule has 0 aliphatic carbocycles. The van der Waals surface area contributed by atoms with Crippen molar-refractivity contribution in [3.05, 3.63) is 47.5 Å². The third-order valence-electron chi connectivity index (χ3n) is 3.10. The zero-order chi connectivity index (χ0) is 15.5. The Kier molecular flexibility index (Phi) is 4.02. The summed E-state index contributed by atoms with van der Waals surface area (Å²) in [5.74, 6) is 0.494. The van der Waals surface area contributed by atoms with E-state index in [0.717, 1.165) is 33.9 Å². The Bertz CT molecular complexity index is 809. The highest BCUT2D eigenvalue weighted by molar-refractivity contribution is 7.00. The Morgan fingerprint density at radius 3 is 2.59 bits per heavy atom. The summed E-state index contributed by atoms with van der Waals surface area (Å²) in [6.45, 7) is 3.96. The molecule has 1 amide bonds. The summed E-state index contributed by atoms with van der Waals surface area (Å²) < 4.78 is 13.8. The summed E-state index contributed by atoms with van der Waals surface area (Å²) in [7, 11) is 0. The first-order valence-electron chi connectivity index (χ1n) is 6.83. The van der Waals surface area contributed by atoms with Gasteiger partial charge < -0.3 is 10.1 Å². The minimum atomic E-state index is -0.207. The molecule has 2 aromatic carbocycles. The molecule has 1 N–H and O–H groups in total. The van der Waals surface area contributed by atoms with Gasteiger partial charge in [-0.2, -0.15) is 8.75 Å². The normalized spacial score (nSPS) is 10.6. The minimum absolute atomic E-state index is 0.0315. The number of rotatable bonds is 4. The van der Waals surface area contributed by atoms with Gasteiger partial charge in [-0.1, -0.05) is 6.07 Å². The van der Waals surface area contributed by atoms with Crippen molar-refractivity contribution >= 4 is 34.4 Å². The lowest BCUT2D eigenvalue weighted by Gasteiger charge is -2.09. The zero-order valence-electron chi connectivity index (χ0n) is 12.3. The molecule has 3 aromatic rings. The summed E-state index contributed by atoms with van der Waals surface area (Å²) in [6, 6.07) is 11.3. The largest absolute Gasteiger partial charge is 0.484 e. The van der Waals surface area contributed by atoms with Crippen molar-refractivity contribution in [2.24, 2.45) is 0 Å². The Morgan fingerprint density at radius 2 is 1.82 bits per heavy atom. The summed E-state index contributed by atoms with van der Waals surface area (Å²) in [5.41, 5.74) is 4.51. The Labute approximate surface area is 132 Å². The summed E-state index contributed by atoms with van der Waals surface area (Å²) in [4.78, 5) is 12.0. The van der Waals surface area contributed by atoms with Crippen LogP contribution in [0.25, 0.3) is 11.0 Å². The van der Waals surface area contributed by atoms with E-state index in [2.05, 4.69) is 20.1 Å². The van der Waals surface area contributed by atoms with Crippen LogP contribution in [0, 0.1) is 13.8 Å². The maximum Gasteiger partial charge on any atom is 0.262 e. The van der Waals surface area contributed by atoms with Crippen LogP contribution in [0.15, 0.2) is 36.4 Å². The molecule has 0 saturated heterocycles. The molecule has 3 rings (SSSR count). The molecule has 0 bridgehead atoms. The molecule has 112 valence electrons. The van der Waals surface area contributed by atoms with Crippen LogP contribution < -0.4 is 10.1 Å². The highest BCUT2D eigenvalue weighted by atomic mass is 32.1. The first kappa shape index (κ1) is 14.5. The fourth-order valence-electron chi connectivity index (χ4n) is 2.22. The lowest BCUT2D eigenvalue weighted by Crippen LogP contribution is -2.20. The summed E-state index contributed by atoms with van der Waals surface area (Å²) >= 11 is 1.15. The number of carbonyl (C=O) groups excluding carboxylic acids is 1. The number of ether oxygens (including phenoxy) is 1. The molecule has 0 fully saturated rings. The third-order valence-corrected chi connectivity index (χ3v) is 3.66. The fourth-order valence-corrected chi connectivity index (χ4v) is 2.74. The van der Waals surface area contributed by atoms with Gasteiger partial charge in [-0.15, -0.1) is 0 Å². The van der Waals surface area contributed by atoms with E-state index in [4.69, 9.17) is 4.74 Å². The topological polar surface area (TPSA) is 64.1 Å². The van der Waals surface area contributed by atoms with E-state index in [-0.39, 0.29) is 12.5 Å². The van der Waals surface area contributed by atoms with Gasteiger partial charge in [-0.05, 0) is 55.3 Å². The molecule has 1 heterocycles. The van der Waals surface area contributed by atoms with Gasteiger partial charge in [0.05, 0.1) is 11.7 Å². The van der Waals surface area contributed by atoms with E-state index in [1.165, 1.54) is 0 Å². The number of hydrogen-bond acceptors (Lipinski definition) is 5. The fraction of sp³-hybridized carbons (Fsp3) is 0.188. The Morgan fingerprint density at radius 1 is 1.09 bits per heavy atom. The van der Waals surface area contributed by atoms with Gasteiger partial charge in [0.15, 0.2) is 6.61 Å². The second kappa shape index (κ2) is 6.11. The first-order valence-corrected chi connectivity index (χ1v) is 7.56. The highest BCUT2D eigenvalue weighted by Crippen LogP contribution is 2.18. The number of carbonyl (C=O) groups is 1. The molecule has 0 atom stereocenters. The quantitative estimate of drug-likeness (QED) is 0.802. The van der Waals surface area contributed by atoms with Crippen molar-refractivity contribution in [3.8, 4) is 5.75 Å². The van der Waals surface area contributed by atoms with Crippen LogP contribution in [0.3, 0.4) is 0 Å². The average Bonchev–Trinajstić information content (AvgIpc) is 2.92. The molecule has 1 aromatic heterocycles. The van der Waals surface area contributed by atoms with Crippen LogP contribution in [-0.2, 0) is 4.79 Å². The lowest BCUT2D eigenvalue weighted by molar-refractivity contribution is -0.118. The standard InChI is InChI=1S/C16H15N3O2S/c1-10-5-11(2)7-13(6-10)21-9-16(20)17-12-3-4-14-15(8-12)19-22-18-14/h3-8H,9H2,1-2H3,(H,17,20). The number of aryl methyl sites for hydroxylation is 2. The van der Waals surface area contributed by atoms with E-state index in [1.807, 2.05) is 32.0 Å². The maximum absolute atomic E-state index is 12.0. The predicted octanol–water partition coefficient (Wildman–Crippen LogP) is 3.33. The summed E-state index contributed by atoms with van der Waals surface area (Å²) in [5, 5.41) is 2.80. The molecule has 22 heavy (non-hydrogen) atoms. The van der Waals surface area contributed by atoms with E-state index in [0.29, 0.717) is 11.4 Å². The number of hydrogen-bond donors (Lipinski definition) is 1. The predicted molar refractivity (Wildman–Crippen MR) is 87.5 cm³/mol. The van der Waals surface area contributed by atoms with Gasteiger partial charge in [-0.25, -0.2) is 0 Å². The second-order valence-electron chi connectivity index (χ2n) is 5.13. The maximum atomic E-state index is 12.0.